The highest BCUT2D eigenvalue weighted by atomic mass is 32.1. The third-order valence-electron chi connectivity index (χ3n) is 2.97. The van der Waals surface area contributed by atoms with Crippen LogP contribution in [0.1, 0.15) is 10.4 Å². The van der Waals surface area contributed by atoms with Crippen LogP contribution in [-0.4, -0.2) is 9.97 Å². The molecule has 20 heavy (non-hydrogen) atoms. The largest absolute Gasteiger partial charge is 0.368 e. The summed E-state index contributed by atoms with van der Waals surface area (Å²) in [7, 11) is 0. The molecule has 0 radical (unpaired) electrons. The van der Waals surface area contributed by atoms with E-state index < -0.39 is 0 Å². The topological polar surface area (TPSA) is 63.8 Å². The second kappa shape index (κ2) is 4.72. The van der Waals surface area contributed by atoms with E-state index in [1.807, 2.05) is 19.1 Å². The minimum atomic E-state index is -0.255. The van der Waals surface area contributed by atoms with Gasteiger partial charge in [0.05, 0.1) is 5.39 Å². The Morgan fingerprint density at radius 3 is 2.75 bits per heavy atom. The van der Waals surface area contributed by atoms with E-state index in [4.69, 9.17) is 5.73 Å². The van der Waals surface area contributed by atoms with Crippen molar-refractivity contribution in [3.63, 3.8) is 0 Å². The van der Waals surface area contributed by atoms with Gasteiger partial charge in [0.25, 0.3) is 0 Å². The minimum absolute atomic E-state index is 0.203. The maximum atomic E-state index is 13.6. The summed E-state index contributed by atoms with van der Waals surface area (Å²) in [5, 5.41) is 4.00. The normalized spacial score (nSPS) is 10.9. The highest BCUT2D eigenvalue weighted by Gasteiger charge is 2.10. The lowest BCUT2D eigenvalue weighted by atomic mass is 10.2. The summed E-state index contributed by atoms with van der Waals surface area (Å²) < 4.78 is 13.6. The van der Waals surface area contributed by atoms with Crippen molar-refractivity contribution in [3.05, 3.63) is 40.5 Å². The number of hydrogen-bond donors (Lipinski definition) is 2. The van der Waals surface area contributed by atoms with E-state index in [-0.39, 0.29) is 11.8 Å². The van der Waals surface area contributed by atoms with Crippen LogP contribution in [0.25, 0.3) is 10.2 Å². The Balaban J connectivity index is 2.07. The molecule has 102 valence electrons. The molecule has 0 spiro atoms. The SMILES string of the molecule is Cc1cc2c(Nc3ccc(C)c(F)c3)nc(N)nc2s1. The predicted octanol–water partition coefficient (Wildman–Crippen LogP) is 3.77. The summed E-state index contributed by atoms with van der Waals surface area (Å²) in [5.41, 5.74) is 6.95. The molecule has 0 atom stereocenters. The van der Waals surface area contributed by atoms with Gasteiger partial charge in [-0.15, -0.1) is 11.3 Å². The first-order valence-electron chi connectivity index (χ1n) is 6.10. The molecular weight excluding hydrogens is 275 g/mol. The first-order chi connectivity index (χ1) is 9.52. The quantitative estimate of drug-likeness (QED) is 0.753. The van der Waals surface area contributed by atoms with E-state index in [1.165, 1.54) is 6.07 Å². The number of thiophene rings is 1. The van der Waals surface area contributed by atoms with Crippen molar-refractivity contribution < 1.29 is 4.39 Å². The number of nitrogen functional groups attached to an aromatic ring is 1. The fraction of sp³-hybridized carbons (Fsp3) is 0.143. The van der Waals surface area contributed by atoms with Crippen molar-refractivity contribution >= 4 is 39.0 Å². The van der Waals surface area contributed by atoms with Gasteiger partial charge in [0.1, 0.15) is 16.5 Å². The van der Waals surface area contributed by atoms with E-state index in [0.717, 1.165) is 15.1 Å². The van der Waals surface area contributed by atoms with Crippen LogP contribution in [0.2, 0.25) is 0 Å². The van der Waals surface area contributed by atoms with Crippen LogP contribution in [-0.2, 0) is 0 Å². The van der Waals surface area contributed by atoms with E-state index >= 15 is 0 Å². The molecule has 3 rings (SSSR count). The molecular formula is C14H13FN4S. The van der Waals surface area contributed by atoms with Crippen molar-refractivity contribution in [1.29, 1.82) is 0 Å². The molecule has 2 heterocycles. The molecule has 3 N–H and O–H groups in total. The molecule has 0 aliphatic heterocycles. The Labute approximate surface area is 119 Å². The van der Waals surface area contributed by atoms with Crippen LogP contribution in [0.5, 0.6) is 0 Å². The Morgan fingerprint density at radius 2 is 2.00 bits per heavy atom. The number of hydrogen-bond acceptors (Lipinski definition) is 5. The predicted molar refractivity (Wildman–Crippen MR) is 81.0 cm³/mol. The number of aromatic nitrogens is 2. The number of aryl methyl sites for hydroxylation is 2. The first kappa shape index (κ1) is 12.8. The molecule has 0 saturated heterocycles. The molecule has 0 saturated carbocycles. The van der Waals surface area contributed by atoms with Gasteiger partial charge >= 0.3 is 0 Å². The van der Waals surface area contributed by atoms with Gasteiger partial charge in [-0.1, -0.05) is 6.07 Å². The Morgan fingerprint density at radius 1 is 1.20 bits per heavy atom. The van der Waals surface area contributed by atoms with Gasteiger partial charge in [-0.2, -0.15) is 4.98 Å². The second-order valence-corrected chi connectivity index (χ2v) is 5.83. The number of anilines is 3. The zero-order valence-electron chi connectivity index (χ0n) is 11.1. The lowest BCUT2D eigenvalue weighted by molar-refractivity contribution is 0.619. The molecule has 6 heteroatoms. The third kappa shape index (κ3) is 2.30. The van der Waals surface area contributed by atoms with Crippen molar-refractivity contribution in [1.82, 2.24) is 9.97 Å². The fourth-order valence-electron chi connectivity index (χ4n) is 1.96. The van der Waals surface area contributed by atoms with Crippen LogP contribution in [0.4, 0.5) is 21.8 Å². The van der Waals surface area contributed by atoms with Gasteiger partial charge < -0.3 is 11.1 Å². The number of rotatable bonds is 2. The van der Waals surface area contributed by atoms with E-state index in [2.05, 4.69) is 15.3 Å². The smallest absolute Gasteiger partial charge is 0.223 e. The summed E-state index contributed by atoms with van der Waals surface area (Å²) in [6, 6.07) is 6.96. The molecule has 0 aliphatic rings. The number of benzene rings is 1. The zero-order valence-corrected chi connectivity index (χ0v) is 11.9. The molecule has 0 bridgehead atoms. The maximum absolute atomic E-state index is 13.6. The van der Waals surface area contributed by atoms with Crippen molar-refractivity contribution in [3.8, 4) is 0 Å². The zero-order chi connectivity index (χ0) is 14.3. The van der Waals surface area contributed by atoms with Crippen LogP contribution < -0.4 is 11.1 Å². The highest BCUT2D eigenvalue weighted by Crippen LogP contribution is 2.31. The van der Waals surface area contributed by atoms with Crippen molar-refractivity contribution in [2.24, 2.45) is 0 Å². The minimum Gasteiger partial charge on any atom is -0.368 e. The first-order valence-corrected chi connectivity index (χ1v) is 6.91. The maximum Gasteiger partial charge on any atom is 0.223 e. The van der Waals surface area contributed by atoms with Gasteiger partial charge in [-0.25, -0.2) is 9.37 Å². The van der Waals surface area contributed by atoms with Gasteiger partial charge in [0, 0.05) is 10.6 Å². The van der Waals surface area contributed by atoms with Crippen molar-refractivity contribution in [2.75, 3.05) is 11.1 Å². The lowest BCUT2D eigenvalue weighted by Gasteiger charge is -2.08. The van der Waals surface area contributed by atoms with Crippen molar-refractivity contribution in [2.45, 2.75) is 13.8 Å². The number of fused-ring (bicyclic) bond motifs is 1. The fourth-order valence-corrected chi connectivity index (χ4v) is 2.85. The summed E-state index contributed by atoms with van der Waals surface area (Å²) in [5.74, 6) is 0.546. The van der Waals surface area contributed by atoms with Crippen LogP contribution in [0.3, 0.4) is 0 Å². The van der Waals surface area contributed by atoms with E-state index in [0.29, 0.717) is 17.1 Å². The summed E-state index contributed by atoms with van der Waals surface area (Å²) in [4.78, 5) is 10.4. The molecule has 0 amide bonds. The number of halogens is 1. The monoisotopic (exact) mass is 288 g/mol. The lowest BCUT2D eigenvalue weighted by Crippen LogP contribution is -2.00. The molecule has 1 aromatic carbocycles. The Kier molecular flexibility index (Phi) is 3.02. The summed E-state index contributed by atoms with van der Waals surface area (Å²) >= 11 is 1.55. The molecule has 3 aromatic rings. The molecule has 0 unspecified atom stereocenters. The van der Waals surface area contributed by atoms with Crippen LogP contribution >= 0.6 is 11.3 Å². The summed E-state index contributed by atoms with van der Waals surface area (Å²) in [6.07, 6.45) is 0. The average molecular weight is 288 g/mol. The highest BCUT2D eigenvalue weighted by molar-refractivity contribution is 7.18. The number of nitrogens with two attached hydrogens (primary N) is 1. The Bertz CT molecular complexity index is 797. The van der Waals surface area contributed by atoms with Gasteiger partial charge in [0.2, 0.25) is 5.95 Å². The van der Waals surface area contributed by atoms with Crippen LogP contribution in [0, 0.1) is 19.7 Å². The van der Waals surface area contributed by atoms with Crippen LogP contribution in [0.15, 0.2) is 24.3 Å². The molecule has 0 aliphatic carbocycles. The average Bonchev–Trinajstić information content (AvgIpc) is 2.74. The van der Waals surface area contributed by atoms with Gasteiger partial charge in [-0.3, -0.25) is 0 Å². The van der Waals surface area contributed by atoms with E-state index in [9.17, 15) is 4.39 Å². The van der Waals surface area contributed by atoms with Gasteiger partial charge in [0.15, 0.2) is 0 Å². The Hall–Kier alpha value is -2.21. The number of nitrogens with zero attached hydrogens (tertiary/aromatic N) is 2. The van der Waals surface area contributed by atoms with E-state index in [1.54, 1.807) is 24.3 Å². The van der Waals surface area contributed by atoms with Gasteiger partial charge in [-0.05, 0) is 37.6 Å². The third-order valence-corrected chi connectivity index (χ3v) is 3.91. The molecule has 0 fully saturated rings. The second-order valence-electron chi connectivity index (χ2n) is 4.60. The number of nitrogens with one attached hydrogen (secondary N) is 1. The molecule has 4 nitrogen and oxygen atoms in total. The summed E-state index contributed by atoms with van der Waals surface area (Å²) in [6.45, 7) is 3.72. The standard InChI is InChI=1S/C14H13FN4S/c1-7-3-4-9(6-11(7)15)17-12-10-5-8(2)20-13(10)19-14(16)18-12/h3-6H,1-2H3,(H3,16,17,18,19). The molecule has 2 aromatic heterocycles.